The number of carbonyl (C=O) groups is 2. The SMILES string of the molecule is COc1cc(C=C(C(=O)Nc2ccccc2C)C(=O)Nc2ccccc2C)cc(OC)c1. The lowest BCUT2D eigenvalue weighted by Gasteiger charge is -2.13. The molecule has 32 heavy (non-hydrogen) atoms. The first-order valence-corrected chi connectivity index (χ1v) is 10.1. The number of amides is 2. The van der Waals surface area contributed by atoms with Gasteiger partial charge in [0.2, 0.25) is 0 Å². The van der Waals surface area contributed by atoms with Gasteiger partial charge in [0.25, 0.3) is 11.8 Å². The average molecular weight is 431 g/mol. The molecule has 0 aromatic heterocycles. The zero-order chi connectivity index (χ0) is 23.1. The molecule has 0 bridgehead atoms. The van der Waals surface area contributed by atoms with Crippen LogP contribution in [0.3, 0.4) is 0 Å². The lowest BCUT2D eigenvalue weighted by molar-refractivity contribution is -0.118. The Hall–Kier alpha value is -4.06. The zero-order valence-electron chi connectivity index (χ0n) is 18.6. The van der Waals surface area contributed by atoms with Crippen molar-refractivity contribution < 1.29 is 19.1 Å². The molecule has 0 saturated heterocycles. The molecule has 2 amide bonds. The van der Waals surface area contributed by atoms with Crippen LogP contribution in [0.2, 0.25) is 0 Å². The third-order valence-electron chi connectivity index (χ3n) is 4.96. The van der Waals surface area contributed by atoms with Crippen molar-refractivity contribution in [2.45, 2.75) is 13.8 Å². The molecule has 6 heteroatoms. The Morgan fingerprint density at radius 3 is 1.56 bits per heavy atom. The van der Waals surface area contributed by atoms with Gasteiger partial charge in [0.05, 0.1) is 14.2 Å². The van der Waals surface area contributed by atoms with Gasteiger partial charge in [-0.05, 0) is 60.9 Å². The van der Waals surface area contributed by atoms with E-state index in [-0.39, 0.29) is 5.57 Å². The molecular formula is C26H26N2O4. The third-order valence-corrected chi connectivity index (χ3v) is 4.96. The van der Waals surface area contributed by atoms with Gasteiger partial charge in [-0.3, -0.25) is 9.59 Å². The summed E-state index contributed by atoms with van der Waals surface area (Å²) in [4.78, 5) is 26.4. The van der Waals surface area contributed by atoms with Crippen molar-refractivity contribution in [3.8, 4) is 11.5 Å². The quantitative estimate of drug-likeness (QED) is 0.315. The Labute approximate surface area is 187 Å². The predicted molar refractivity (Wildman–Crippen MR) is 127 cm³/mol. The van der Waals surface area contributed by atoms with E-state index in [2.05, 4.69) is 10.6 Å². The smallest absolute Gasteiger partial charge is 0.261 e. The summed E-state index contributed by atoms with van der Waals surface area (Å²) in [5.41, 5.74) is 3.60. The molecule has 0 aliphatic rings. The van der Waals surface area contributed by atoms with E-state index in [4.69, 9.17) is 9.47 Å². The van der Waals surface area contributed by atoms with Crippen molar-refractivity contribution in [2.75, 3.05) is 24.9 Å². The zero-order valence-corrected chi connectivity index (χ0v) is 18.6. The molecule has 164 valence electrons. The summed E-state index contributed by atoms with van der Waals surface area (Å²) in [7, 11) is 3.08. The Morgan fingerprint density at radius 2 is 1.16 bits per heavy atom. The molecule has 0 fully saturated rings. The molecule has 0 saturated carbocycles. The fraction of sp³-hybridized carbons (Fsp3) is 0.154. The van der Waals surface area contributed by atoms with E-state index < -0.39 is 11.8 Å². The number of para-hydroxylation sites is 2. The van der Waals surface area contributed by atoms with Crippen molar-refractivity contribution in [2.24, 2.45) is 0 Å². The van der Waals surface area contributed by atoms with Crippen LogP contribution in [0.4, 0.5) is 11.4 Å². The average Bonchev–Trinajstić information content (AvgIpc) is 2.80. The van der Waals surface area contributed by atoms with Crippen LogP contribution in [-0.2, 0) is 9.59 Å². The molecule has 0 spiro atoms. The first-order chi connectivity index (χ1) is 15.4. The maximum atomic E-state index is 13.2. The number of rotatable bonds is 7. The van der Waals surface area contributed by atoms with Crippen LogP contribution in [0.15, 0.2) is 72.3 Å². The van der Waals surface area contributed by atoms with Gasteiger partial charge in [-0.15, -0.1) is 0 Å². The Kier molecular flexibility index (Phi) is 7.29. The highest BCUT2D eigenvalue weighted by Gasteiger charge is 2.20. The number of hydrogen-bond acceptors (Lipinski definition) is 4. The maximum Gasteiger partial charge on any atom is 0.261 e. The van der Waals surface area contributed by atoms with Gasteiger partial charge in [0, 0.05) is 17.4 Å². The van der Waals surface area contributed by atoms with E-state index in [1.165, 1.54) is 6.08 Å². The van der Waals surface area contributed by atoms with Gasteiger partial charge < -0.3 is 20.1 Å². The van der Waals surface area contributed by atoms with Crippen LogP contribution in [0, 0.1) is 13.8 Å². The van der Waals surface area contributed by atoms with Gasteiger partial charge >= 0.3 is 0 Å². The summed E-state index contributed by atoms with van der Waals surface area (Å²) in [6.45, 7) is 3.78. The minimum absolute atomic E-state index is 0.0492. The van der Waals surface area contributed by atoms with E-state index in [9.17, 15) is 9.59 Å². The van der Waals surface area contributed by atoms with Crippen LogP contribution in [0.5, 0.6) is 11.5 Å². The summed E-state index contributed by atoms with van der Waals surface area (Å²) in [6.07, 6.45) is 1.52. The molecule has 0 aliphatic heterocycles. The van der Waals surface area contributed by atoms with Gasteiger partial charge in [-0.25, -0.2) is 0 Å². The molecule has 3 aromatic carbocycles. The largest absolute Gasteiger partial charge is 0.497 e. The van der Waals surface area contributed by atoms with Crippen molar-refractivity contribution in [3.05, 3.63) is 89.0 Å². The Bertz CT molecular complexity index is 1080. The van der Waals surface area contributed by atoms with Gasteiger partial charge in [-0.2, -0.15) is 0 Å². The van der Waals surface area contributed by atoms with Crippen LogP contribution in [-0.4, -0.2) is 26.0 Å². The van der Waals surface area contributed by atoms with Crippen molar-refractivity contribution >= 4 is 29.3 Å². The van der Waals surface area contributed by atoms with Gasteiger partial charge in [0.15, 0.2) is 0 Å². The highest BCUT2D eigenvalue weighted by Crippen LogP contribution is 2.25. The molecule has 3 aromatic rings. The number of hydrogen-bond donors (Lipinski definition) is 2. The molecule has 0 radical (unpaired) electrons. The Balaban J connectivity index is 2.01. The minimum atomic E-state index is -0.521. The van der Waals surface area contributed by atoms with E-state index in [1.807, 2.05) is 50.2 Å². The van der Waals surface area contributed by atoms with Gasteiger partial charge in [-0.1, -0.05) is 36.4 Å². The predicted octanol–water partition coefficient (Wildman–Crippen LogP) is 4.98. The van der Waals surface area contributed by atoms with Crippen LogP contribution in [0.25, 0.3) is 6.08 Å². The lowest BCUT2D eigenvalue weighted by Crippen LogP contribution is -2.26. The summed E-state index contributed by atoms with van der Waals surface area (Å²) in [5.74, 6) is 0.0569. The first-order valence-electron chi connectivity index (χ1n) is 10.1. The summed E-state index contributed by atoms with van der Waals surface area (Å²) in [6, 6.07) is 20.0. The number of benzene rings is 3. The fourth-order valence-corrected chi connectivity index (χ4v) is 3.12. The number of ether oxygens (including phenoxy) is 2. The number of anilines is 2. The molecule has 0 aliphatic carbocycles. The molecule has 6 nitrogen and oxygen atoms in total. The molecule has 3 rings (SSSR count). The molecule has 0 heterocycles. The number of aryl methyl sites for hydroxylation is 2. The molecular weight excluding hydrogens is 404 g/mol. The second kappa shape index (κ2) is 10.3. The van der Waals surface area contributed by atoms with E-state index >= 15 is 0 Å². The Morgan fingerprint density at radius 1 is 0.719 bits per heavy atom. The molecule has 0 unspecified atom stereocenters. The second-order valence-electron chi connectivity index (χ2n) is 7.24. The van der Waals surface area contributed by atoms with Gasteiger partial charge in [0.1, 0.15) is 17.1 Å². The summed E-state index contributed by atoms with van der Waals surface area (Å²) in [5, 5.41) is 5.68. The molecule has 0 atom stereocenters. The lowest BCUT2D eigenvalue weighted by atomic mass is 10.1. The summed E-state index contributed by atoms with van der Waals surface area (Å²) >= 11 is 0. The van der Waals surface area contributed by atoms with Crippen LogP contribution in [0.1, 0.15) is 16.7 Å². The second-order valence-corrected chi connectivity index (χ2v) is 7.24. The maximum absolute atomic E-state index is 13.2. The number of methoxy groups -OCH3 is 2. The fourth-order valence-electron chi connectivity index (χ4n) is 3.12. The highest BCUT2D eigenvalue weighted by atomic mass is 16.5. The third kappa shape index (κ3) is 5.55. The topological polar surface area (TPSA) is 76.7 Å². The monoisotopic (exact) mass is 430 g/mol. The molecule has 2 N–H and O–H groups in total. The van der Waals surface area contributed by atoms with E-state index in [0.717, 1.165) is 11.1 Å². The highest BCUT2D eigenvalue weighted by molar-refractivity contribution is 6.29. The normalized spacial score (nSPS) is 10.1. The van der Waals surface area contributed by atoms with Crippen molar-refractivity contribution in [1.29, 1.82) is 0 Å². The van der Waals surface area contributed by atoms with Crippen LogP contribution < -0.4 is 20.1 Å². The first kappa shape index (κ1) is 22.6. The number of nitrogens with one attached hydrogen (secondary N) is 2. The van der Waals surface area contributed by atoms with Crippen LogP contribution >= 0.6 is 0 Å². The van der Waals surface area contributed by atoms with Crippen molar-refractivity contribution in [1.82, 2.24) is 0 Å². The van der Waals surface area contributed by atoms with Crippen molar-refractivity contribution in [3.63, 3.8) is 0 Å². The van der Waals surface area contributed by atoms with E-state index in [1.54, 1.807) is 44.6 Å². The minimum Gasteiger partial charge on any atom is -0.497 e. The van der Waals surface area contributed by atoms with E-state index in [0.29, 0.717) is 28.4 Å². The summed E-state index contributed by atoms with van der Waals surface area (Å²) < 4.78 is 10.6. The standard InChI is InChI=1S/C26H26N2O4/c1-17-9-5-7-11-23(17)27-25(29)22(26(30)28-24-12-8-6-10-18(24)2)15-19-13-20(31-3)16-21(14-19)32-4/h5-16H,1-4H3,(H,27,29)(H,28,30). The number of carbonyl (C=O) groups excluding carboxylic acids is 2.